The van der Waals surface area contributed by atoms with Crippen LogP contribution in [-0.4, -0.2) is 46.1 Å². The van der Waals surface area contributed by atoms with E-state index in [2.05, 4.69) is 36.7 Å². The van der Waals surface area contributed by atoms with E-state index in [4.69, 9.17) is 0 Å². The molecule has 25 heavy (non-hydrogen) atoms. The van der Waals surface area contributed by atoms with E-state index >= 15 is 0 Å². The lowest BCUT2D eigenvalue weighted by Gasteiger charge is -2.40. The molecule has 0 saturated carbocycles. The highest BCUT2D eigenvalue weighted by Crippen LogP contribution is 2.40. The van der Waals surface area contributed by atoms with E-state index in [-0.39, 0.29) is 5.41 Å². The minimum Gasteiger partial charge on any atom is -0.340 e. The van der Waals surface area contributed by atoms with Crippen LogP contribution in [0.1, 0.15) is 31.7 Å². The third kappa shape index (κ3) is 3.27. The average molecular weight is 342 g/mol. The molecule has 1 spiro atoms. The second kappa shape index (κ2) is 6.54. The Morgan fingerprint density at radius 1 is 0.920 bits per heavy atom. The van der Waals surface area contributed by atoms with E-state index in [1.807, 2.05) is 12.4 Å². The molecule has 132 valence electrons. The second-order valence-corrected chi connectivity index (χ2v) is 7.14. The summed E-state index contributed by atoms with van der Waals surface area (Å²) >= 11 is 0. The lowest BCUT2D eigenvalue weighted by atomic mass is 9.79. The molecule has 1 atom stereocenters. The number of nitrogens with zero attached hydrogens (tertiary/aromatic N) is 6. The summed E-state index contributed by atoms with van der Waals surface area (Å²) in [6.45, 7) is 5.87. The van der Waals surface area contributed by atoms with E-state index in [9.17, 15) is 4.39 Å². The lowest BCUT2D eigenvalue weighted by molar-refractivity contribution is 0.262. The van der Waals surface area contributed by atoms with Gasteiger partial charge in [0.05, 0.1) is 12.4 Å². The molecule has 0 amide bonds. The van der Waals surface area contributed by atoms with Gasteiger partial charge in [0.25, 0.3) is 0 Å². The number of anilines is 2. The second-order valence-electron chi connectivity index (χ2n) is 7.14. The zero-order chi connectivity index (χ0) is 17.3. The Morgan fingerprint density at radius 3 is 2.16 bits per heavy atom. The molecule has 2 fully saturated rings. The van der Waals surface area contributed by atoms with Gasteiger partial charge in [0.1, 0.15) is 0 Å². The maximum atomic E-state index is 13.1. The standard InChI is InChI=1S/C18H23FN6/c1-2-14-8-20-16(21-9-14)25-7-5-18(13-25)4-3-6-24(12-18)17-22-10-15(19)11-23-17/h8-11H,2-7,12-13H2,1H3. The summed E-state index contributed by atoms with van der Waals surface area (Å²) in [4.78, 5) is 21.8. The fourth-order valence-corrected chi connectivity index (χ4v) is 3.98. The molecule has 7 heteroatoms. The SMILES string of the molecule is CCc1cnc(N2CCC3(CCCN(c4ncc(F)cn4)C3)C2)nc1. The highest BCUT2D eigenvalue weighted by Gasteiger charge is 2.42. The van der Waals surface area contributed by atoms with Crippen molar-refractivity contribution in [1.82, 2.24) is 19.9 Å². The first-order chi connectivity index (χ1) is 12.2. The minimum absolute atomic E-state index is 0.211. The molecule has 0 N–H and O–H groups in total. The summed E-state index contributed by atoms with van der Waals surface area (Å²) in [5.41, 5.74) is 1.37. The summed E-state index contributed by atoms with van der Waals surface area (Å²) < 4.78 is 13.1. The number of aryl methyl sites for hydroxylation is 1. The Bertz CT molecular complexity index is 719. The van der Waals surface area contributed by atoms with Gasteiger partial charge >= 0.3 is 0 Å². The number of rotatable bonds is 3. The summed E-state index contributed by atoms with van der Waals surface area (Å²) in [5, 5.41) is 0. The van der Waals surface area contributed by atoms with Gasteiger partial charge in [-0.2, -0.15) is 0 Å². The van der Waals surface area contributed by atoms with Gasteiger partial charge in [-0.25, -0.2) is 24.3 Å². The van der Waals surface area contributed by atoms with Gasteiger partial charge in [0, 0.05) is 44.0 Å². The molecule has 6 nitrogen and oxygen atoms in total. The Kier molecular flexibility index (Phi) is 4.23. The van der Waals surface area contributed by atoms with Crippen molar-refractivity contribution in [3.05, 3.63) is 36.2 Å². The molecule has 1 unspecified atom stereocenters. The largest absolute Gasteiger partial charge is 0.340 e. The number of aromatic nitrogens is 4. The molecule has 0 aliphatic carbocycles. The van der Waals surface area contributed by atoms with Crippen LogP contribution in [0.25, 0.3) is 0 Å². The Hall–Kier alpha value is -2.31. The molecule has 2 saturated heterocycles. The highest BCUT2D eigenvalue weighted by atomic mass is 19.1. The smallest absolute Gasteiger partial charge is 0.225 e. The molecule has 2 aromatic heterocycles. The van der Waals surface area contributed by atoms with Crippen molar-refractivity contribution in [2.75, 3.05) is 36.0 Å². The van der Waals surface area contributed by atoms with E-state index in [0.717, 1.165) is 57.0 Å². The summed E-state index contributed by atoms with van der Waals surface area (Å²) in [6.07, 6.45) is 10.7. The van der Waals surface area contributed by atoms with Crippen molar-refractivity contribution in [2.45, 2.75) is 32.6 Å². The van der Waals surface area contributed by atoms with Crippen molar-refractivity contribution in [2.24, 2.45) is 5.41 Å². The van der Waals surface area contributed by atoms with Gasteiger partial charge in [0.15, 0.2) is 5.82 Å². The fraction of sp³-hybridized carbons (Fsp3) is 0.556. The van der Waals surface area contributed by atoms with E-state index < -0.39 is 5.82 Å². The predicted octanol–water partition coefficient (Wildman–Crippen LogP) is 2.47. The number of hydrogen-bond acceptors (Lipinski definition) is 6. The van der Waals surface area contributed by atoms with Crippen LogP contribution >= 0.6 is 0 Å². The van der Waals surface area contributed by atoms with Crippen molar-refractivity contribution >= 4 is 11.9 Å². The van der Waals surface area contributed by atoms with Gasteiger partial charge in [-0.1, -0.05) is 6.92 Å². The van der Waals surface area contributed by atoms with Crippen LogP contribution in [0.5, 0.6) is 0 Å². The van der Waals surface area contributed by atoms with Crippen LogP contribution in [0.3, 0.4) is 0 Å². The van der Waals surface area contributed by atoms with Gasteiger partial charge in [0.2, 0.25) is 11.9 Å². The minimum atomic E-state index is -0.393. The predicted molar refractivity (Wildman–Crippen MR) is 94.1 cm³/mol. The van der Waals surface area contributed by atoms with Gasteiger partial charge < -0.3 is 9.80 Å². The van der Waals surface area contributed by atoms with Crippen molar-refractivity contribution in [3.63, 3.8) is 0 Å². The van der Waals surface area contributed by atoms with Crippen LogP contribution in [0.15, 0.2) is 24.8 Å². The van der Waals surface area contributed by atoms with Crippen LogP contribution < -0.4 is 9.80 Å². The summed E-state index contributed by atoms with van der Waals surface area (Å²) in [5.74, 6) is 1.06. The number of hydrogen-bond donors (Lipinski definition) is 0. The topological polar surface area (TPSA) is 58.0 Å². The third-order valence-electron chi connectivity index (χ3n) is 5.37. The van der Waals surface area contributed by atoms with Crippen LogP contribution in [-0.2, 0) is 6.42 Å². The number of piperidine rings is 1. The first-order valence-electron chi connectivity index (χ1n) is 8.96. The first-order valence-corrected chi connectivity index (χ1v) is 8.96. The zero-order valence-corrected chi connectivity index (χ0v) is 14.5. The quantitative estimate of drug-likeness (QED) is 0.854. The van der Waals surface area contributed by atoms with E-state index in [0.29, 0.717) is 5.95 Å². The Balaban J connectivity index is 1.47. The van der Waals surface area contributed by atoms with Gasteiger partial charge in [-0.15, -0.1) is 0 Å². The maximum Gasteiger partial charge on any atom is 0.225 e. The maximum absolute atomic E-state index is 13.1. The summed E-state index contributed by atoms with van der Waals surface area (Å²) in [6, 6.07) is 0. The van der Waals surface area contributed by atoms with Crippen LogP contribution in [0.4, 0.5) is 16.3 Å². The molecule has 2 aliphatic rings. The molecule has 4 heterocycles. The van der Waals surface area contributed by atoms with E-state index in [1.54, 1.807) is 0 Å². The monoisotopic (exact) mass is 342 g/mol. The van der Waals surface area contributed by atoms with Gasteiger partial charge in [-0.3, -0.25) is 0 Å². The molecule has 2 aromatic rings. The third-order valence-corrected chi connectivity index (χ3v) is 5.37. The van der Waals surface area contributed by atoms with Crippen LogP contribution in [0, 0.1) is 11.2 Å². The molecule has 4 rings (SSSR count). The van der Waals surface area contributed by atoms with Gasteiger partial charge in [-0.05, 0) is 31.2 Å². The molecule has 0 bridgehead atoms. The lowest BCUT2D eigenvalue weighted by Crippen LogP contribution is -2.45. The normalized spacial score (nSPS) is 23.4. The highest BCUT2D eigenvalue weighted by molar-refractivity contribution is 5.36. The Morgan fingerprint density at radius 2 is 1.52 bits per heavy atom. The van der Waals surface area contributed by atoms with E-state index in [1.165, 1.54) is 18.8 Å². The molecular weight excluding hydrogens is 319 g/mol. The molecule has 2 aliphatic heterocycles. The summed E-state index contributed by atoms with van der Waals surface area (Å²) in [7, 11) is 0. The van der Waals surface area contributed by atoms with Crippen molar-refractivity contribution in [1.29, 1.82) is 0 Å². The van der Waals surface area contributed by atoms with Crippen molar-refractivity contribution in [3.8, 4) is 0 Å². The Labute approximate surface area is 147 Å². The average Bonchev–Trinajstić information content (AvgIpc) is 3.05. The fourth-order valence-electron chi connectivity index (χ4n) is 3.98. The molecule has 0 aromatic carbocycles. The van der Waals surface area contributed by atoms with Crippen LogP contribution in [0.2, 0.25) is 0 Å². The molecular formula is C18H23FN6. The number of halogens is 1. The first kappa shape index (κ1) is 16.2. The van der Waals surface area contributed by atoms with Crippen molar-refractivity contribution < 1.29 is 4.39 Å². The molecule has 0 radical (unpaired) electrons. The zero-order valence-electron chi connectivity index (χ0n) is 14.5.